The maximum Gasteiger partial charge on any atom is 0.416 e. The van der Waals surface area contributed by atoms with Crippen LogP contribution < -0.4 is 10.2 Å². The smallest absolute Gasteiger partial charge is 0.356 e. The van der Waals surface area contributed by atoms with Gasteiger partial charge in [0.25, 0.3) is 0 Å². The van der Waals surface area contributed by atoms with Crippen molar-refractivity contribution in [2.45, 2.75) is 31.5 Å². The molecule has 1 amide bonds. The van der Waals surface area contributed by atoms with E-state index < -0.39 is 17.6 Å². The summed E-state index contributed by atoms with van der Waals surface area (Å²) in [6.45, 7) is 6.26. The highest BCUT2D eigenvalue weighted by atomic mass is 35.5. The number of anilines is 2. The molecule has 1 aromatic heterocycles. The van der Waals surface area contributed by atoms with Crippen molar-refractivity contribution in [3.05, 3.63) is 41.2 Å². The summed E-state index contributed by atoms with van der Waals surface area (Å²) in [5.74, 6) is 1.47. The van der Waals surface area contributed by atoms with Crippen LogP contribution in [0.3, 0.4) is 0 Å². The average Bonchev–Trinajstić information content (AvgIpc) is 2.67. The van der Waals surface area contributed by atoms with Crippen LogP contribution in [0.15, 0.2) is 35.6 Å². The highest BCUT2D eigenvalue weighted by Crippen LogP contribution is 2.34. The molecule has 1 fully saturated rings. The van der Waals surface area contributed by atoms with E-state index in [-0.39, 0.29) is 16.5 Å². The Balaban J connectivity index is 1.62. The SMILES string of the molecule is C[C@H]1C[C@H](C)CN(c2cc(SCC(=O)Nc3cc(C(F)(F)F)ccc3Cl)ncn2)C1. The first-order valence-electron chi connectivity index (χ1n) is 9.48. The standard InChI is InChI=1S/C20H22ClF3N4OS/c1-12-5-13(2)9-28(8-12)17-7-19(26-11-25-17)30-10-18(29)27-16-6-14(20(22,23)24)3-4-15(16)21/h3-4,6-7,11-13H,5,8-10H2,1-2H3,(H,27,29)/t12-,13-/m0/s1. The third-order valence-corrected chi connectivity index (χ3v) is 5.99. The van der Waals surface area contributed by atoms with Gasteiger partial charge in [-0.1, -0.05) is 37.2 Å². The number of piperidine rings is 1. The molecule has 0 spiro atoms. The Labute approximate surface area is 182 Å². The van der Waals surface area contributed by atoms with Gasteiger partial charge in [-0.05, 0) is 36.5 Å². The van der Waals surface area contributed by atoms with E-state index in [1.165, 1.54) is 24.5 Å². The quantitative estimate of drug-likeness (QED) is 0.482. The van der Waals surface area contributed by atoms with Gasteiger partial charge in [-0.25, -0.2) is 9.97 Å². The van der Waals surface area contributed by atoms with E-state index in [0.29, 0.717) is 16.9 Å². The molecule has 1 saturated heterocycles. The summed E-state index contributed by atoms with van der Waals surface area (Å²) >= 11 is 7.11. The second-order valence-electron chi connectivity index (χ2n) is 7.59. The van der Waals surface area contributed by atoms with Crippen molar-refractivity contribution in [2.75, 3.05) is 29.1 Å². The Morgan fingerprint density at radius 2 is 1.93 bits per heavy atom. The molecule has 2 aromatic rings. The molecule has 2 atom stereocenters. The van der Waals surface area contributed by atoms with Gasteiger partial charge in [-0.2, -0.15) is 13.2 Å². The molecule has 1 aliphatic heterocycles. The number of nitrogens with one attached hydrogen (secondary N) is 1. The molecule has 2 heterocycles. The van der Waals surface area contributed by atoms with E-state index in [2.05, 4.69) is 34.0 Å². The van der Waals surface area contributed by atoms with Crippen LogP contribution >= 0.6 is 23.4 Å². The largest absolute Gasteiger partial charge is 0.416 e. The number of thioether (sulfide) groups is 1. The van der Waals surface area contributed by atoms with Crippen LogP contribution in [-0.4, -0.2) is 34.7 Å². The zero-order valence-electron chi connectivity index (χ0n) is 16.5. The van der Waals surface area contributed by atoms with Crippen LogP contribution in [0.5, 0.6) is 0 Å². The number of amides is 1. The predicted octanol–water partition coefficient (Wildman–Crippen LogP) is 5.36. The van der Waals surface area contributed by atoms with Gasteiger partial charge in [-0.3, -0.25) is 4.79 Å². The second-order valence-corrected chi connectivity index (χ2v) is 9.00. The molecule has 0 aliphatic carbocycles. The fourth-order valence-corrected chi connectivity index (χ4v) is 4.38. The van der Waals surface area contributed by atoms with Gasteiger partial charge in [0.05, 0.1) is 22.0 Å². The molecule has 1 N–H and O–H groups in total. The fraction of sp³-hybridized carbons (Fsp3) is 0.450. The normalized spacial score (nSPS) is 19.6. The van der Waals surface area contributed by atoms with Crippen molar-refractivity contribution in [1.29, 1.82) is 0 Å². The van der Waals surface area contributed by atoms with Crippen LogP contribution in [0, 0.1) is 11.8 Å². The third-order valence-electron chi connectivity index (χ3n) is 4.74. The zero-order chi connectivity index (χ0) is 21.9. The molecule has 0 unspecified atom stereocenters. The third kappa shape index (κ3) is 6.01. The van der Waals surface area contributed by atoms with E-state index in [1.54, 1.807) is 0 Å². The summed E-state index contributed by atoms with van der Waals surface area (Å²) in [6.07, 6.45) is -1.87. The zero-order valence-corrected chi connectivity index (χ0v) is 18.1. The molecule has 0 radical (unpaired) electrons. The molecule has 1 aromatic carbocycles. The summed E-state index contributed by atoms with van der Waals surface area (Å²) in [4.78, 5) is 23.0. The first-order valence-corrected chi connectivity index (χ1v) is 10.8. The fourth-order valence-electron chi connectivity index (χ4n) is 3.55. The van der Waals surface area contributed by atoms with Crippen molar-refractivity contribution in [2.24, 2.45) is 11.8 Å². The van der Waals surface area contributed by atoms with E-state index in [4.69, 9.17) is 11.6 Å². The minimum Gasteiger partial charge on any atom is -0.356 e. The Morgan fingerprint density at radius 3 is 2.60 bits per heavy atom. The molecule has 3 rings (SSSR count). The van der Waals surface area contributed by atoms with Gasteiger partial charge in [0, 0.05) is 19.2 Å². The first-order chi connectivity index (χ1) is 14.1. The van der Waals surface area contributed by atoms with Gasteiger partial charge in [0.2, 0.25) is 5.91 Å². The van der Waals surface area contributed by atoms with Gasteiger partial charge in [0.1, 0.15) is 17.2 Å². The summed E-state index contributed by atoms with van der Waals surface area (Å²) < 4.78 is 38.6. The average molecular weight is 459 g/mol. The number of carbonyl (C=O) groups is 1. The number of hydrogen-bond acceptors (Lipinski definition) is 5. The summed E-state index contributed by atoms with van der Waals surface area (Å²) in [5, 5.41) is 3.10. The highest BCUT2D eigenvalue weighted by molar-refractivity contribution is 7.99. The number of benzene rings is 1. The maximum absolute atomic E-state index is 12.9. The highest BCUT2D eigenvalue weighted by Gasteiger charge is 2.31. The first kappa shape index (κ1) is 22.7. The Bertz CT molecular complexity index is 902. The van der Waals surface area contributed by atoms with E-state index in [1.807, 2.05) is 6.07 Å². The number of carbonyl (C=O) groups excluding carboxylic acids is 1. The summed E-state index contributed by atoms with van der Waals surface area (Å²) in [7, 11) is 0. The molecule has 5 nitrogen and oxygen atoms in total. The van der Waals surface area contributed by atoms with Crippen molar-refractivity contribution in [3.63, 3.8) is 0 Å². The van der Waals surface area contributed by atoms with Crippen molar-refractivity contribution < 1.29 is 18.0 Å². The molecular formula is C20H22ClF3N4OS. The minimum absolute atomic E-state index is 0.0180. The Hall–Kier alpha value is -2.00. The molecule has 162 valence electrons. The topological polar surface area (TPSA) is 58.1 Å². The number of rotatable bonds is 5. The van der Waals surface area contributed by atoms with Crippen molar-refractivity contribution in [3.8, 4) is 0 Å². The molecule has 30 heavy (non-hydrogen) atoms. The second kappa shape index (κ2) is 9.43. The number of nitrogens with zero attached hydrogens (tertiary/aromatic N) is 3. The van der Waals surface area contributed by atoms with Crippen LogP contribution in [0.25, 0.3) is 0 Å². The Kier molecular flexibility index (Phi) is 7.13. The molecule has 0 saturated carbocycles. The number of alkyl halides is 3. The lowest BCUT2D eigenvalue weighted by Crippen LogP contribution is -2.39. The van der Waals surface area contributed by atoms with Crippen molar-refractivity contribution >= 4 is 40.8 Å². The van der Waals surface area contributed by atoms with Crippen LogP contribution in [-0.2, 0) is 11.0 Å². The minimum atomic E-state index is -4.51. The maximum atomic E-state index is 12.9. The van der Waals surface area contributed by atoms with Gasteiger partial charge >= 0.3 is 6.18 Å². The van der Waals surface area contributed by atoms with Gasteiger partial charge in [-0.15, -0.1) is 0 Å². The number of hydrogen-bond donors (Lipinski definition) is 1. The lowest BCUT2D eigenvalue weighted by molar-refractivity contribution is -0.137. The molecule has 1 aliphatic rings. The van der Waals surface area contributed by atoms with Gasteiger partial charge < -0.3 is 10.2 Å². The van der Waals surface area contributed by atoms with E-state index >= 15 is 0 Å². The van der Waals surface area contributed by atoms with Crippen molar-refractivity contribution in [1.82, 2.24) is 9.97 Å². The summed E-state index contributed by atoms with van der Waals surface area (Å²) in [6, 6.07) is 4.65. The van der Waals surface area contributed by atoms with Crippen LogP contribution in [0.2, 0.25) is 5.02 Å². The monoisotopic (exact) mass is 458 g/mol. The number of halogens is 4. The number of aromatic nitrogens is 2. The van der Waals surface area contributed by atoms with E-state index in [9.17, 15) is 18.0 Å². The van der Waals surface area contributed by atoms with E-state index in [0.717, 1.165) is 37.1 Å². The molecule has 10 heteroatoms. The van der Waals surface area contributed by atoms with Crippen LogP contribution in [0.4, 0.5) is 24.7 Å². The lowest BCUT2D eigenvalue weighted by Gasteiger charge is -2.35. The predicted molar refractivity (Wildman–Crippen MR) is 113 cm³/mol. The summed E-state index contributed by atoms with van der Waals surface area (Å²) in [5.41, 5.74) is -0.947. The lowest BCUT2D eigenvalue weighted by atomic mass is 9.92. The molecule has 0 bridgehead atoms. The molecular weight excluding hydrogens is 437 g/mol. The van der Waals surface area contributed by atoms with Crippen LogP contribution in [0.1, 0.15) is 25.8 Å². The van der Waals surface area contributed by atoms with Gasteiger partial charge in [0.15, 0.2) is 0 Å². The Morgan fingerprint density at radius 1 is 1.23 bits per heavy atom.